The van der Waals surface area contributed by atoms with Crippen LogP contribution >= 0.6 is 15.9 Å². The minimum atomic E-state index is 0.181. The molecule has 0 fully saturated rings. The first-order chi connectivity index (χ1) is 8.65. The lowest BCUT2D eigenvalue weighted by Crippen LogP contribution is -2.25. The quantitative estimate of drug-likeness (QED) is 0.940. The van der Waals surface area contributed by atoms with Crippen LogP contribution in [0.3, 0.4) is 0 Å². The van der Waals surface area contributed by atoms with E-state index >= 15 is 0 Å². The second-order valence-corrected chi connectivity index (χ2v) is 5.18. The Kier molecular flexibility index (Phi) is 4.19. The molecule has 0 aliphatic heterocycles. The van der Waals surface area contributed by atoms with Crippen molar-refractivity contribution in [1.29, 1.82) is 0 Å². The summed E-state index contributed by atoms with van der Waals surface area (Å²) in [4.78, 5) is 0. The Morgan fingerprint density at radius 1 is 1.39 bits per heavy atom. The van der Waals surface area contributed by atoms with Gasteiger partial charge in [-0.05, 0) is 36.7 Å². The molecule has 0 aliphatic carbocycles. The van der Waals surface area contributed by atoms with Gasteiger partial charge in [0.1, 0.15) is 0 Å². The van der Waals surface area contributed by atoms with Gasteiger partial charge in [0.2, 0.25) is 0 Å². The number of benzene rings is 1. The lowest BCUT2D eigenvalue weighted by Gasteiger charge is -2.21. The molecule has 1 aromatic heterocycles. The maximum atomic E-state index is 4.26. The van der Waals surface area contributed by atoms with Crippen LogP contribution in [0.5, 0.6) is 0 Å². The Labute approximate surface area is 116 Å². The summed E-state index contributed by atoms with van der Waals surface area (Å²) < 4.78 is 3.07. The van der Waals surface area contributed by atoms with E-state index in [0.29, 0.717) is 0 Å². The highest BCUT2D eigenvalue weighted by molar-refractivity contribution is 9.10. The molecule has 1 atom stereocenters. The zero-order valence-corrected chi connectivity index (χ0v) is 12.5. The van der Waals surface area contributed by atoms with Gasteiger partial charge < -0.3 is 5.32 Å². The third-order valence-corrected chi connectivity index (χ3v) is 4.04. The second-order valence-electron chi connectivity index (χ2n) is 4.32. The van der Waals surface area contributed by atoms with Gasteiger partial charge in [-0.25, -0.2) is 0 Å². The minimum Gasteiger partial charge on any atom is -0.305 e. The minimum absolute atomic E-state index is 0.181. The van der Waals surface area contributed by atoms with Crippen LogP contribution in [0.2, 0.25) is 0 Å². The number of hydrogen-bond acceptors (Lipinski definition) is 2. The molecule has 1 heterocycles. The molecular weight excluding hydrogens is 290 g/mol. The topological polar surface area (TPSA) is 29.9 Å². The molecule has 0 amide bonds. The van der Waals surface area contributed by atoms with Crippen LogP contribution in [0, 0.1) is 6.92 Å². The van der Waals surface area contributed by atoms with Gasteiger partial charge in [-0.1, -0.05) is 35.0 Å². The predicted octanol–water partition coefficient (Wildman–Crippen LogP) is 3.19. The number of nitrogens with zero attached hydrogens (tertiary/aromatic N) is 2. The lowest BCUT2D eigenvalue weighted by atomic mass is 9.98. The molecule has 1 aromatic carbocycles. The maximum absolute atomic E-state index is 4.26. The maximum Gasteiger partial charge on any atom is 0.0751 e. The molecule has 0 saturated carbocycles. The van der Waals surface area contributed by atoms with Gasteiger partial charge in [-0.15, -0.1) is 0 Å². The second kappa shape index (κ2) is 5.67. The van der Waals surface area contributed by atoms with Crippen molar-refractivity contribution in [3.8, 4) is 0 Å². The van der Waals surface area contributed by atoms with Gasteiger partial charge in [0.05, 0.1) is 11.7 Å². The van der Waals surface area contributed by atoms with Crippen molar-refractivity contribution in [3.63, 3.8) is 0 Å². The van der Waals surface area contributed by atoms with E-state index < -0.39 is 0 Å². The van der Waals surface area contributed by atoms with E-state index in [4.69, 9.17) is 0 Å². The van der Waals surface area contributed by atoms with Crippen LogP contribution in [0.4, 0.5) is 0 Å². The Morgan fingerprint density at radius 2 is 2.17 bits per heavy atom. The fourth-order valence-corrected chi connectivity index (χ4v) is 2.56. The Balaban J connectivity index is 2.48. The average Bonchev–Trinajstić information content (AvgIpc) is 2.76. The molecule has 2 aromatic rings. The molecule has 96 valence electrons. The summed E-state index contributed by atoms with van der Waals surface area (Å²) in [6.45, 7) is 5.18. The van der Waals surface area contributed by atoms with Gasteiger partial charge in [-0.2, -0.15) is 5.10 Å². The first kappa shape index (κ1) is 13.3. The molecule has 0 bridgehead atoms. The van der Waals surface area contributed by atoms with E-state index in [-0.39, 0.29) is 6.04 Å². The number of nitrogens with one attached hydrogen (secondary N) is 1. The molecule has 1 N–H and O–H groups in total. The van der Waals surface area contributed by atoms with Crippen molar-refractivity contribution in [2.75, 3.05) is 6.54 Å². The van der Waals surface area contributed by atoms with Crippen LogP contribution in [0.25, 0.3) is 0 Å². The van der Waals surface area contributed by atoms with Crippen molar-refractivity contribution in [1.82, 2.24) is 15.1 Å². The van der Waals surface area contributed by atoms with E-state index in [9.17, 15) is 0 Å². The van der Waals surface area contributed by atoms with E-state index in [2.05, 4.69) is 64.5 Å². The Morgan fingerprint density at radius 3 is 2.78 bits per heavy atom. The van der Waals surface area contributed by atoms with Gasteiger partial charge in [0.25, 0.3) is 0 Å². The fourth-order valence-electron chi connectivity index (χ4n) is 2.18. The Bertz CT molecular complexity index is 534. The van der Waals surface area contributed by atoms with Gasteiger partial charge in [-0.3, -0.25) is 4.68 Å². The molecule has 2 rings (SSSR count). The van der Waals surface area contributed by atoms with Crippen LogP contribution in [-0.2, 0) is 7.05 Å². The van der Waals surface area contributed by atoms with E-state index in [1.807, 2.05) is 17.9 Å². The predicted molar refractivity (Wildman–Crippen MR) is 77.6 cm³/mol. The van der Waals surface area contributed by atoms with Gasteiger partial charge >= 0.3 is 0 Å². The third-order valence-electron chi connectivity index (χ3n) is 3.18. The number of aryl methyl sites for hydroxylation is 1. The molecule has 18 heavy (non-hydrogen) atoms. The summed E-state index contributed by atoms with van der Waals surface area (Å²) in [5.41, 5.74) is 3.73. The summed E-state index contributed by atoms with van der Waals surface area (Å²) in [6.07, 6.45) is 1.84. The number of hydrogen-bond donors (Lipinski definition) is 1. The van der Waals surface area contributed by atoms with E-state index in [1.54, 1.807) is 0 Å². The van der Waals surface area contributed by atoms with Crippen molar-refractivity contribution >= 4 is 15.9 Å². The first-order valence-corrected chi connectivity index (χ1v) is 6.90. The molecule has 0 saturated heterocycles. The highest BCUT2D eigenvalue weighted by atomic mass is 79.9. The average molecular weight is 308 g/mol. The van der Waals surface area contributed by atoms with Crippen LogP contribution in [0.15, 0.2) is 34.9 Å². The van der Waals surface area contributed by atoms with Crippen molar-refractivity contribution in [3.05, 3.63) is 51.8 Å². The van der Waals surface area contributed by atoms with Crippen molar-refractivity contribution in [2.24, 2.45) is 7.05 Å². The largest absolute Gasteiger partial charge is 0.305 e. The first-order valence-electron chi connectivity index (χ1n) is 6.11. The summed E-state index contributed by atoms with van der Waals surface area (Å²) in [6, 6.07) is 8.56. The smallest absolute Gasteiger partial charge is 0.0751 e. The number of halogens is 1. The van der Waals surface area contributed by atoms with Gasteiger partial charge in [0.15, 0.2) is 0 Å². The summed E-state index contributed by atoms with van der Waals surface area (Å²) in [7, 11) is 1.98. The zero-order valence-electron chi connectivity index (χ0n) is 10.9. The molecule has 3 nitrogen and oxygen atoms in total. The molecule has 0 aliphatic rings. The van der Waals surface area contributed by atoms with Crippen LogP contribution in [-0.4, -0.2) is 16.3 Å². The summed E-state index contributed by atoms with van der Waals surface area (Å²) >= 11 is 3.60. The van der Waals surface area contributed by atoms with Crippen molar-refractivity contribution < 1.29 is 0 Å². The molecular formula is C14H18BrN3. The molecule has 0 spiro atoms. The highest BCUT2D eigenvalue weighted by Crippen LogP contribution is 2.28. The third kappa shape index (κ3) is 2.49. The zero-order chi connectivity index (χ0) is 13.1. The summed E-state index contributed by atoms with van der Waals surface area (Å²) in [5.74, 6) is 0. The molecule has 0 radical (unpaired) electrons. The lowest BCUT2D eigenvalue weighted by molar-refractivity contribution is 0.570. The van der Waals surface area contributed by atoms with Crippen LogP contribution < -0.4 is 5.32 Å². The summed E-state index contributed by atoms with van der Waals surface area (Å²) in [5, 5.41) is 7.79. The number of rotatable bonds is 4. The SMILES string of the molecule is CCNC(c1cccc(Br)c1C)c1ccnn1C. The van der Waals surface area contributed by atoms with Crippen LogP contribution in [0.1, 0.15) is 29.8 Å². The Hall–Kier alpha value is -1.13. The fraction of sp³-hybridized carbons (Fsp3) is 0.357. The normalized spacial score (nSPS) is 12.7. The molecule has 1 unspecified atom stereocenters. The van der Waals surface area contributed by atoms with E-state index in [0.717, 1.165) is 11.0 Å². The highest BCUT2D eigenvalue weighted by Gasteiger charge is 2.18. The number of aromatic nitrogens is 2. The molecule has 4 heteroatoms. The monoisotopic (exact) mass is 307 g/mol. The standard InChI is InChI=1S/C14H18BrN3/c1-4-16-14(13-8-9-17-18(13)3)11-6-5-7-12(15)10(11)2/h5-9,14,16H,4H2,1-3H3. The van der Waals surface area contributed by atoms with E-state index in [1.165, 1.54) is 16.8 Å². The van der Waals surface area contributed by atoms with Gasteiger partial charge in [0, 0.05) is 17.7 Å². The van der Waals surface area contributed by atoms with Crippen molar-refractivity contribution in [2.45, 2.75) is 19.9 Å².